The van der Waals surface area contributed by atoms with Gasteiger partial charge >= 0.3 is 13.8 Å². The number of unbranched alkanes of at least 4 members (excludes halogenated alkanes) is 12. The van der Waals surface area contributed by atoms with E-state index in [0.29, 0.717) is 13.0 Å². The maximum absolute atomic E-state index is 12.6. The van der Waals surface area contributed by atoms with E-state index in [-0.39, 0.29) is 32.8 Å². The van der Waals surface area contributed by atoms with Gasteiger partial charge in [-0.3, -0.25) is 13.8 Å². The van der Waals surface area contributed by atoms with Crippen molar-refractivity contribution >= 4 is 13.8 Å². The van der Waals surface area contributed by atoms with Gasteiger partial charge in [-0.1, -0.05) is 175 Å². The number of allylic oxidation sites excluding steroid dienone is 18. The van der Waals surface area contributed by atoms with E-state index in [1.54, 1.807) is 0 Å². The smallest absolute Gasteiger partial charge is 0.457 e. The van der Waals surface area contributed by atoms with Gasteiger partial charge in [0, 0.05) is 19.6 Å². The fraction of sp³-hybridized carbons (Fsp3) is 0.627. The predicted octanol–water partition coefficient (Wildman–Crippen LogP) is 14.4. The van der Waals surface area contributed by atoms with Crippen LogP contribution in [-0.4, -0.2) is 49.9 Å². The Bertz CT molecular complexity index is 1280. The number of rotatable bonds is 43. The van der Waals surface area contributed by atoms with Crippen LogP contribution in [0.15, 0.2) is 109 Å². The third kappa shape index (κ3) is 46.2. The van der Waals surface area contributed by atoms with Crippen LogP contribution in [0.4, 0.5) is 0 Å². The third-order valence-corrected chi connectivity index (χ3v) is 10.2. The van der Waals surface area contributed by atoms with Gasteiger partial charge in [0.1, 0.15) is 6.10 Å². The molecule has 0 spiro atoms. The SMILES string of the molecule is CC/C=C\C/C=C\C/C=C\C/C=C\C/C=C\C/C=C\C/C=C\CCCC(=O)OC(COCCCCCCCCCC/C=C\C/C=C\CCCCC)COP(=O)(O)OCCN. The first-order valence-electron chi connectivity index (χ1n) is 23.4. The first-order valence-corrected chi connectivity index (χ1v) is 24.9. The van der Waals surface area contributed by atoms with E-state index in [4.69, 9.17) is 24.3 Å². The fourth-order valence-corrected chi connectivity index (χ4v) is 6.54. The van der Waals surface area contributed by atoms with Crippen molar-refractivity contribution in [3.63, 3.8) is 0 Å². The van der Waals surface area contributed by atoms with E-state index < -0.39 is 19.9 Å². The molecule has 2 atom stereocenters. The Morgan fingerprint density at radius 3 is 1.40 bits per heavy atom. The lowest BCUT2D eigenvalue weighted by atomic mass is 10.1. The van der Waals surface area contributed by atoms with E-state index >= 15 is 0 Å². The van der Waals surface area contributed by atoms with Crippen molar-refractivity contribution in [1.29, 1.82) is 0 Å². The largest absolute Gasteiger partial charge is 0.472 e. The second-order valence-electron chi connectivity index (χ2n) is 14.9. The van der Waals surface area contributed by atoms with Gasteiger partial charge in [0.25, 0.3) is 0 Å². The van der Waals surface area contributed by atoms with Crippen LogP contribution >= 0.6 is 7.82 Å². The Kier molecular flexibility index (Phi) is 45.0. The van der Waals surface area contributed by atoms with Crippen molar-refractivity contribution in [2.75, 3.05) is 33.0 Å². The van der Waals surface area contributed by atoms with Crippen LogP contribution in [0.1, 0.15) is 168 Å². The molecular weight excluding hydrogens is 770 g/mol. The molecule has 0 amide bonds. The second-order valence-corrected chi connectivity index (χ2v) is 16.3. The number of ether oxygens (including phenoxy) is 2. The topological polar surface area (TPSA) is 117 Å². The molecule has 3 N–H and O–H groups in total. The summed E-state index contributed by atoms with van der Waals surface area (Å²) < 4.78 is 33.4. The molecule has 9 heteroatoms. The first-order chi connectivity index (χ1) is 29.4. The highest BCUT2D eigenvalue weighted by Crippen LogP contribution is 2.43. The number of phosphoric acid groups is 1. The summed E-state index contributed by atoms with van der Waals surface area (Å²) in [7, 11) is -4.31. The Balaban J connectivity index is 4.16. The predicted molar refractivity (Wildman–Crippen MR) is 256 cm³/mol. The lowest BCUT2D eigenvalue weighted by molar-refractivity contribution is -0.154. The van der Waals surface area contributed by atoms with E-state index in [9.17, 15) is 14.3 Å². The Morgan fingerprint density at radius 2 is 0.933 bits per heavy atom. The number of phosphoric ester groups is 1. The van der Waals surface area contributed by atoms with Crippen molar-refractivity contribution in [3.05, 3.63) is 109 Å². The quantitative estimate of drug-likeness (QED) is 0.0269. The molecule has 0 aliphatic heterocycles. The molecule has 0 rings (SSSR count). The highest BCUT2D eigenvalue weighted by Gasteiger charge is 2.25. The van der Waals surface area contributed by atoms with Gasteiger partial charge in [-0.25, -0.2) is 4.57 Å². The van der Waals surface area contributed by atoms with Gasteiger partial charge in [0.05, 0.1) is 19.8 Å². The molecule has 0 aliphatic carbocycles. The van der Waals surface area contributed by atoms with Crippen LogP contribution in [0.3, 0.4) is 0 Å². The van der Waals surface area contributed by atoms with Gasteiger partial charge in [0.15, 0.2) is 0 Å². The molecule has 0 fully saturated rings. The van der Waals surface area contributed by atoms with Crippen LogP contribution in [0.25, 0.3) is 0 Å². The summed E-state index contributed by atoms with van der Waals surface area (Å²) in [4.78, 5) is 22.5. The van der Waals surface area contributed by atoms with Crippen LogP contribution in [0.5, 0.6) is 0 Å². The molecule has 0 radical (unpaired) electrons. The Labute approximate surface area is 367 Å². The minimum atomic E-state index is -4.31. The fourth-order valence-electron chi connectivity index (χ4n) is 5.78. The van der Waals surface area contributed by atoms with Gasteiger partial charge in [-0.2, -0.15) is 0 Å². The highest BCUT2D eigenvalue weighted by molar-refractivity contribution is 7.47. The molecule has 0 saturated carbocycles. The lowest BCUT2D eigenvalue weighted by Crippen LogP contribution is -2.28. The number of hydrogen-bond donors (Lipinski definition) is 2. The molecular formula is C51H86NO7P. The summed E-state index contributed by atoms with van der Waals surface area (Å²) in [6, 6.07) is 0. The second kappa shape index (κ2) is 47.2. The van der Waals surface area contributed by atoms with Crippen molar-refractivity contribution in [1.82, 2.24) is 0 Å². The maximum Gasteiger partial charge on any atom is 0.472 e. The lowest BCUT2D eigenvalue weighted by Gasteiger charge is -2.20. The number of carbonyl (C=O) groups excluding carboxylic acids is 1. The molecule has 0 aliphatic rings. The average Bonchev–Trinajstić information content (AvgIpc) is 3.24. The highest BCUT2D eigenvalue weighted by atomic mass is 31.2. The third-order valence-electron chi connectivity index (χ3n) is 9.17. The summed E-state index contributed by atoms with van der Waals surface area (Å²) in [6.45, 7) is 4.66. The summed E-state index contributed by atoms with van der Waals surface area (Å²) in [5, 5.41) is 0. The molecule has 0 aromatic carbocycles. The Hall–Kier alpha value is -2.84. The van der Waals surface area contributed by atoms with E-state index in [1.807, 2.05) is 0 Å². The van der Waals surface area contributed by atoms with Crippen LogP contribution in [-0.2, 0) is 27.9 Å². The molecule has 0 aromatic rings. The van der Waals surface area contributed by atoms with Crippen molar-refractivity contribution < 1.29 is 32.8 Å². The maximum atomic E-state index is 12.6. The van der Waals surface area contributed by atoms with Crippen molar-refractivity contribution in [3.8, 4) is 0 Å². The zero-order valence-electron chi connectivity index (χ0n) is 37.9. The monoisotopic (exact) mass is 856 g/mol. The van der Waals surface area contributed by atoms with Gasteiger partial charge in [-0.15, -0.1) is 0 Å². The number of nitrogens with two attached hydrogens (primary N) is 1. The van der Waals surface area contributed by atoms with E-state index in [2.05, 4.69) is 123 Å². The van der Waals surface area contributed by atoms with Crippen molar-refractivity contribution in [2.45, 2.75) is 174 Å². The van der Waals surface area contributed by atoms with Crippen LogP contribution in [0.2, 0.25) is 0 Å². The minimum absolute atomic E-state index is 0.0815. The van der Waals surface area contributed by atoms with Crippen LogP contribution in [0, 0.1) is 0 Å². The summed E-state index contributed by atoms with van der Waals surface area (Å²) >= 11 is 0. The standard InChI is InChI=1S/C51H86NO7P/c1-3-5-7-9-11-13-15-17-19-21-23-24-25-26-27-28-30-32-34-36-38-40-42-44-51(53)59-50(49-58-60(54,55)57-47-45-52)48-56-46-43-41-39-37-35-33-31-29-22-20-18-16-14-12-10-8-6-4-2/h5,7,11-14,17-20,23-24,26-27,30,32,36,38,50H,3-4,6,8-10,15-16,21-22,25,28-29,31,33-35,37,39-49,52H2,1-2H3,(H,54,55)/b7-5-,13-11-,14-12-,19-17-,20-18-,24-23-,27-26-,32-30-,38-36-. The average molecular weight is 856 g/mol. The zero-order chi connectivity index (χ0) is 43.7. The molecule has 2 unspecified atom stereocenters. The van der Waals surface area contributed by atoms with Crippen LogP contribution < -0.4 is 5.73 Å². The molecule has 8 nitrogen and oxygen atoms in total. The number of esters is 1. The molecule has 0 bridgehead atoms. The summed E-state index contributed by atoms with van der Waals surface area (Å²) in [5.74, 6) is -0.394. The summed E-state index contributed by atoms with van der Waals surface area (Å²) in [6.07, 6.45) is 64.0. The molecule has 60 heavy (non-hydrogen) atoms. The van der Waals surface area contributed by atoms with E-state index in [1.165, 1.54) is 64.2 Å². The van der Waals surface area contributed by atoms with Gasteiger partial charge < -0.3 is 20.1 Å². The molecule has 342 valence electrons. The summed E-state index contributed by atoms with van der Waals surface area (Å²) in [5.41, 5.74) is 5.37. The normalized spacial score (nSPS) is 14.4. The van der Waals surface area contributed by atoms with Gasteiger partial charge in [0.2, 0.25) is 0 Å². The molecule has 0 aromatic heterocycles. The van der Waals surface area contributed by atoms with Crippen molar-refractivity contribution in [2.24, 2.45) is 5.73 Å². The first kappa shape index (κ1) is 57.2. The zero-order valence-corrected chi connectivity index (χ0v) is 38.8. The molecule has 0 saturated heterocycles. The van der Waals surface area contributed by atoms with Gasteiger partial charge in [-0.05, 0) is 96.3 Å². The minimum Gasteiger partial charge on any atom is -0.457 e. The Morgan fingerprint density at radius 1 is 0.517 bits per heavy atom. The number of carbonyl (C=O) groups is 1. The number of hydrogen-bond acceptors (Lipinski definition) is 7. The van der Waals surface area contributed by atoms with E-state index in [0.717, 1.165) is 77.0 Å². The molecule has 0 heterocycles.